The molecule has 0 amide bonds. The fourth-order valence-corrected chi connectivity index (χ4v) is 1.47. The highest BCUT2D eigenvalue weighted by atomic mass is 32.2. The average Bonchev–Trinajstić information content (AvgIpc) is 2.13. The Morgan fingerprint density at radius 3 is 2.80 bits per heavy atom. The van der Waals surface area contributed by atoms with E-state index < -0.39 is 10.0 Å². The molecule has 0 saturated carbocycles. The van der Waals surface area contributed by atoms with Crippen molar-refractivity contribution >= 4 is 21.4 Å². The van der Waals surface area contributed by atoms with E-state index in [0.29, 0.717) is 18.8 Å². The van der Waals surface area contributed by atoms with Crippen molar-refractivity contribution in [3.63, 3.8) is 0 Å². The maximum Gasteiger partial charge on any atom is 0.208 e. The van der Waals surface area contributed by atoms with Crippen molar-refractivity contribution in [3.8, 4) is 0 Å². The third kappa shape index (κ3) is 4.61. The molecule has 0 aliphatic carbocycles. The molecule has 4 N–H and O–H groups in total. The number of nitrogens with zero attached hydrogens (tertiary/aromatic N) is 1. The molecular weight excluding hydrogens is 216 g/mol. The van der Waals surface area contributed by atoms with Crippen LogP contribution in [-0.4, -0.2) is 32.7 Å². The normalized spacial score (nSPS) is 11.3. The first-order valence-electron chi connectivity index (χ1n) is 4.37. The molecule has 1 aromatic heterocycles. The summed E-state index contributed by atoms with van der Waals surface area (Å²) in [4.78, 5) is 3.84. The first-order chi connectivity index (χ1) is 6.99. The number of pyridine rings is 1. The van der Waals surface area contributed by atoms with Crippen LogP contribution in [0.4, 0.5) is 11.4 Å². The topological polar surface area (TPSA) is 97.1 Å². The van der Waals surface area contributed by atoms with Gasteiger partial charge < -0.3 is 11.1 Å². The lowest BCUT2D eigenvalue weighted by Crippen LogP contribution is -2.27. The van der Waals surface area contributed by atoms with E-state index in [1.54, 1.807) is 12.3 Å². The Kier molecular flexibility index (Phi) is 3.87. The summed E-state index contributed by atoms with van der Waals surface area (Å²) in [5.74, 6) is 0. The highest BCUT2D eigenvalue weighted by Gasteiger charge is 2.00. The van der Waals surface area contributed by atoms with E-state index in [1.165, 1.54) is 6.20 Å². The first-order valence-corrected chi connectivity index (χ1v) is 6.26. The van der Waals surface area contributed by atoms with Gasteiger partial charge in [0, 0.05) is 19.3 Å². The number of aromatic nitrogens is 1. The van der Waals surface area contributed by atoms with Crippen LogP contribution >= 0.6 is 0 Å². The van der Waals surface area contributed by atoms with Gasteiger partial charge in [-0.1, -0.05) is 0 Å². The monoisotopic (exact) mass is 230 g/mol. The molecule has 1 aromatic rings. The molecule has 0 atom stereocenters. The second kappa shape index (κ2) is 4.94. The van der Waals surface area contributed by atoms with Gasteiger partial charge in [0.15, 0.2) is 0 Å². The number of nitrogen functional groups attached to an aromatic ring is 1. The molecule has 15 heavy (non-hydrogen) atoms. The molecule has 1 rings (SSSR count). The summed E-state index contributed by atoms with van der Waals surface area (Å²) in [6.45, 7) is 0.794. The second-order valence-electron chi connectivity index (χ2n) is 3.06. The zero-order valence-electron chi connectivity index (χ0n) is 8.40. The number of nitrogens with two attached hydrogens (primary N) is 1. The Morgan fingerprint density at radius 2 is 2.20 bits per heavy atom. The van der Waals surface area contributed by atoms with Gasteiger partial charge >= 0.3 is 0 Å². The lowest BCUT2D eigenvalue weighted by atomic mass is 10.3. The van der Waals surface area contributed by atoms with Crippen molar-refractivity contribution in [1.29, 1.82) is 0 Å². The van der Waals surface area contributed by atoms with E-state index in [0.717, 1.165) is 11.9 Å². The lowest BCUT2D eigenvalue weighted by Gasteiger charge is -2.08. The predicted molar refractivity (Wildman–Crippen MR) is 60.0 cm³/mol. The van der Waals surface area contributed by atoms with Crippen molar-refractivity contribution < 1.29 is 8.42 Å². The average molecular weight is 230 g/mol. The summed E-state index contributed by atoms with van der Waals surface area (Å²) in [6, 6.07) is 1.73. The third-order valence-corrected chi connectivity index (χ3v) is 2.39. The van der Waals surface area contributed by atoms with Gasteiger partial charge in [-0.05, 0) is 6.07 Å². The van der Waals surface area contributed by atoms with Crippen LogP contribution in [0.25, 0.3) is 0 Å². The summed E-state index contributed by atoms with van der Waals surface area (Å²) in [5, 5.41) is 2.99. The van der Waals surface area contributed by atoms with E-state index in [9.17, 15) is 8.42 Å². The lowest BCUT2D eigenvalue weighted by molar-refractivity contribution is 0.589. The van der Waals surface area contributed by atoms with E-state index in [-0.39, 0.29) is 0 Å². The van der Waals surface area contributed by atoms with Crippen molar-refractivity contribution in [1.82, 2.24) is 9.71 Å². The number of nitrogens with one attached hydrogen (secondary N) is 2. The van der Waals surface area contributed by atoms with Gasteiger partial charge in [-0.25, -0.2) is 13.1 Å². The highest BCUT2D eigenvalue weighted by molar-refractivity contribution is 7.88. The number of sulfonamides is 1. The molecule has 0 fully saturated rings. The maximum atomic E-state index is 10.7. The smallest absolute Gasteiger partial charge is 0.208 e. The van der Waals surface area contributed by atoms with Gasteiger partial charge in [-0.2, -0.15) is 0 Å². The van der Waals surface area contributed by atoms with E-state index in [2.05, 4.69) is 15.0 Å². The second-order valence-corrected chi connectivity index (χ2v) is 4.89. The predicted octanol–water partition coefficient (Wildman–Crippen LogP) is -0.375. The number of hydrogen-bond acceptors (Lipinski definition) is 5. The summed E-state index contributed by atoms with van der Waals surface area (Å²) in [5.41, 5.74) is 6.91. The highest BCUT2D eigenvalue weighted by Crippen LogP contribution is 2.13. The largest absolute Gasteiger partial charge is 0.396 e. The molecular formula is C8H14N4O2S. The number of hydrogen-bond donors (Lipinski definition) is 3. The SMILES string of the molecule is CS(=O)(=O)NCCNc1ccncc1N. The van der Waals surface area contributed by atoms with Crippen LogP contribution in [0.15, 0.2) is 18.5 Å². The van der Waals surface area contributed by atoms with E-state index >= 15 is 0 Å². The molecule has 0 spiro atoms. The Hall–Kier alpha value is -1.34. The van der Waals surface area contributed by atoms with E-state index in [1.807, 2.05) is 0 Å². The first kappa shape index (κ1) is 11.7. The molecule has 0 unspecified atom stereocenters. The number of rotatable bonds is 5. The van der Waals surface area contributed by atoms with Crippen LogP contribution in [0.5, 0.6) is 0 Å². The zero-order valence-corrected chi connectivity index (χ0v) is 9.21. The van der Waals surface area contributed by atoms with E-state index in [4.69, 9.17) is 5.73 Å². The number of anilines is 2. The van der Waals surface area contributed by atoms with Crippen LogP contribution in [0.1, 0.15) is 0 Å². The Balaban J connectivity index is 2.36. The molecule has 6 nitrogen and oxygen atoms in total. The fourth-order valence-electron chi connectivity index (χ4n) is 1.00. The van der Waals surface area contributed by atoms with Gasteiger partial charge in [0.05, 0.1) is 23.8 Å². The quantitative estimate of drug-likeness (QED) is 0.599. The van der Waals surface area contributed by atoms with Crippen molar-refractivity contribution in [3.05, 3.63) is 18.5 Å². The molecule has 0 saturated heterocycles. The van der Waals surface area contributed by atoms with Gasteiger partial charge in [0.1, 0.15) is 0 Å². The van der Waals surface area contributed by atoms with Crippen LogP contribution in [-0.2, 0) is 10.0 Å². The Morgan fingerprint density at radius 1 is 1.47 bits per heavy atom. The van der Waals surface area contributed by atoms with Crippen molar-refractivity contribution in [2.45, 2.75) is 0 Å². The Bertz CT molecular complexity index is 418. The molecule has 0 aromatic carbocycles. The molecule has 84 valence electrons. The van der Waals surface area contributed by atoms with Crippen LogP contribution in [0.2, 0.25) is 0 Å². The molecule has 7 heteroatoms. The van der Waals surface area contributed by atoms with Gasteiger partial charge in [-0.15, -0.1) is 0 Å². The third-order valence-electron chi connectivity index (χ3n) is 1.66. The maximum absolute atomic E-state index is 10.7. The molecule has 0 aliphatic heterocycles. The van der Waals surface area contributed by atoms with Gasteiger partial charge in [0.25, 0.3) is 0 Å². The van der Waals surface area contributed by atoms with Crippen LogP contribution in [0, 0.1) is 0 Å². The molecule has 0 bridgehead atoms. The van der Waals surface area contributed by atoms with Gasteiger partial charge in [0.2, 0.25) is 10.0 Å². The summed E-state index contributed by atoms with van der Waals surface area (Å²) in [6.07, 6.45) is 4.27. The van der Waals surface area contributed by atoms with Crippen LogP contribution < -0.4 is 15.8 Å². The minimum atomic E-state index is -3.12. The fraction of sp³-hybridized carbons (Fsp3) is 0.375. The molecule has 0 radical (unpaired) electrons. The van der Waals surface area contributed by atoms with Crippen LogP contribution in [0.3, 0.4) is 0 Å². The van der Waals surface area contributed by atoms with Gasteiger partial charge in [-0.3, -0.25) is 4.98 Å². The zero-order chi connectivity index (χ0) is 11.3. The van der Waals surface area contributed by atoms with Crippen molar-refractivity contribution in [2.24, 2.45) is 0 Å². The van der Waals surface area contributed by atoms with Crippen molar-refractivity contribution in [2.75, 3.05) is 30.4 Å². The summed E-state index contributed by atoms with van der Waals surface area (Å²) < 4.78 is 23.8. The summed E-state index contributed by atoms with van der Waals surface area (Å²) >= 11 is 0. The minimum absolute atomic E-state index is 0.320. The minimum Gasteiger partial charge on any atom is -0.396 e. The summed E-state index contributed by atoms with van der Waals surface area (Å²) in [7, 11) is -3.12. The Labute approximate surface area is 88.9 Å². The molecule has 1 heterocycles. The molecule has 0 aliphatic rings. The standard InChI is InChI=1S/C8H14N4O2S/c1-15(13,14)12-5-4-11-8-2-3-10-6-7(8)9/h2-3,6,12H,4-5,9H2,1H3,(H,10,11).